The number of amides is 1. The minimum atomic E-state index is -0.322. The molecule has 0 bridgehead atoms. The second kappa shape index (κ2) is 6.88. The predicted molar refractivity (Wildman–Crippen MR) is 106 cm³/mol. The summed E-state index contributed by atoms with van der Waals surface area (Å²) in [4.78, 5) is 16.5. The van der Waals surface area contributed by atoms with Gasteiger partial charge in [-0.1, -0.05) is 20.8 Å². The normalized spacial score (nSPS) is 27.7. The fourth-order valence-electron chi connectivity index (χ4n) is 5.16. The number of halogens is 1. The zero-order valence-electron chi connectivity index (χ0n) is 16.5. The minimum absolute atomic E-state index is 0.141. The molecule has 2 aromatic rings. The van der Waals surface area contributed by atoms with E-state index in [2.05, 4.69) is 16.4 Å². The van der Waals surface area contributed by atoms with E-state index in [0.29, 0.717) is 11.8 Å². The monoisotopic (exact) mass is 368 g/mol. The quantitative estimate of drug-likeness (QED) is 0.823. The second-order valence-electron chi connectivity index (χ2n) is 9.55. The molecule has 144 valence electrons. The van der Waals surface area contributed by atoms with Gasteiger partial charge in [0.25, 0.3) is 0 Å². The van der Waals surface area contributed by atoms with E-state index in [1.54, 1.807) is 12.1 Å². The van der Waals surface area contributed by atoms with Gasteiger partial charge >= 0.3 is 0 Å². The smallest absolute Gasteiger partial charge is 0.225 e. The van der Waals surface area contributed by atoms with Crippen LogP contribution in [0.3, 0.4) is 0 Å². The summed E-state index contributed by atoms with van der Waals surface area (Å²) < 4.78 is 13.8. The predicted octanol–water partition coefficient (Wildman–Crippen LogP) is 5.06. The molecule has 4 atom stereocenters. The summed E-state index contributed by atoms with van der Waals surface area (Å²) in [6, 6.07) is 6.97. The highest BCUT2D eigenvalue weighted by atomic mass is 19.1. The van der Waals surface area contributed by atoms with E-state index in [9.17, 15) is 9.18 Å². The SMILES string of the molecule is CC(C)(C)C(=O)NC[C@@H]1C[C@@H]2C[C@H](c3ccnc4ccc(F)cc34)C[C@@H]2C1. The Morgan fingerprint density at radius 2 is 1.85 bits per heavy atom. The molecule has 2 aliphatic rings. The summed E-state index contributed by atoms with van der Waals surface area (Å²) in [5, 5.41) is 4.11. The molecule has 4 heteroatoms. The zero-order chi connectivity index (χ0) is 19.2. The van der Waals surface area contributed by atoms with Gasteiger partial charge in [0.1, 0.15) is 5.82 Å². The van der Waals surface area contributed by atoms with E-state index in [0.717, 1.165) is 29.3 Å². The number of rotatable bonds is 3. The van der Waals surface area contributed by atoms with Gasteiger partial charge in [0.05, 0.1) is 5.52 Å². The van der Waals surface area contributed by atoms with Crippen molar-refractivity contribution in [3.63, 3.8) is 0 Å². The first-order chi connectivity index (χ1) is 12.8. The topological polar surface area (TPSA) is 42.0 Å². The van der Waals surface area contributed by atoms with Gasteiger partial charge < -0.3 is 5.32 Å². The average molecular weight is 368 g/mol. The molecule has 1 heterocycles. The molecule has 3 nitrogen and oxygen atoms in total. The number of nitrogens with zero attached hydrogens (tertiary/aromatic N) is 1. The Hall–Kier alpha value is -1.97. The average Bonchev–Trinajstić information content (AvgIpc) is 3.16. The van der Waals surface area contributed by atoms with E-state index in [4.69, 9.17) is 0 Å². The van der Waals surface area contributed by atoms with E-state index in [1.165, 1.54) is 37.3 Å². The van der Waals surface area contributed by atoms with Gasteiger partial charge in [0, 0.05) is 23.5 Å². The lowest BCUT2D eigenvalue weighted by molar-refractivity contribution is -0.128. The minimum Gasteiger partial charge on any atom is -0.355 e. The van der Waals surface area contributed by atoms with Crippen molar-refractivity contribution in [3.05, 3.63) is 41.8 Å². The third-order valence-electron chi connectivity index (χ3n) is 6.52. The van der Waals surface area contributed by atoms with Gasteiger partial charge in [-0.15, -0.1) is 0 Å². The molecule has 0 spiro atoms. The van der Waals surface area contributed by atoms with Gasteiger partial charge in [-0.05, 0) is 79.2 Å². The lowest BCUT2D eigenvalue weighted by Gasteiger charge is -2.21. The van der Waals surface area contributed by atoms with Crippen LogP contribution in [0, 0.1) is 29.0 Å². The summed E-state index contributed by atoms with van der Waals surface area (Å²) in [7, 11) is 0. The Labute approximate surface area is 160 Å². The molecule has 1 aromatic carbocycles. The Bertz CT molecular complexity index is 843. The second-order valence-corrected chi connectivity index (χ2v) is 9.55. The Kier molecular flexibility index (Phi) is 4.69. The number of fused-ring (bicyclic) bond motifs is 2. The first-order valence-electron chi connectivity index (χ1n) is 10.1. The van der Waals surface area contributed by atoms with Crippen LogP contribution in [0.5, 0.6) is 0 Å². The van der Waals surface area contributed by atoms with Crippen molar-refractivity contribution in [1.82, 2.24) is 10.3 Å². The van der Waals surface area contributed by atoms with Crippen molar-refractivity contribution in [2.24, 2.45) is 23.2 Å². The van der Waals surface area contributed by atoms with Crippen LogP contribution < -0.4 is 5.32 Å². The van der Waals surface area contributed by atoms with Crippen molar-refractivity contribution in [1.29, 1.82) is 0 Å². The maximum absolute atomic E-state index is 13.8. The van der Waals surface area contributed by atoms with Crippen LogP contribution >= 0.6 is 0 Å². The van der Waals surface area contributed by atoms with Crippen LogP contribution in [0.15, 0.2) is 30.5 Å². The zero-order valence-corrected chi connectivity index (χ0v) is 16.5. The third-order valence-corrected chi connectivity index (χ3v) is 6.52. The van der Waals surface area contributed by atoms with Crippen LogP contribution in [0.4, 0.5) is 4.39 Å². The summed E-state index contributed by atoms with van der Waals surface area (Å²) >= 11 is 0. The number of benzene rings is 1. The van der Waals surface area contributed by atoms with E-state index < -0.39 is 0 Å². The fraction of sp³-hybridized carbons (Fsp3) is 0.565. The van der Waals surface area contributed by atoms with E-state index >= 15 is 0 Å². The van der Waals surface area contributed by atoms with Gasteiger partial charge in [0.15, 0.2) is 0 Å². The maximum atomic E-state index is 13.8. The molecule has 0 unspecified atom stereocenters. The van der Waals surface area contributed by atoms with Crippen LogP contribution in [-0.2, 0) is 4.79 Å². The molecule has 1 N–H and O–H groups in total. The van der Waals surface area contributed by atoms with Crippen molar-refractivity contribution in [2.45, 2.75) is 52.4 Å². The number of carbonyl (C=O) groups is 1. The molecule has 2 fully saturated rings. The third kappa shape index (κ3) is 3.71. The van der Waals surface area contributed by atoms with Gasteiger partial charge in [-0.3, -0.25) is 9.78 Å². The number of hydrogen-bond donors (Lipinski definition) is 1. The molecule has 1 amide bonds. The molecule has 2 aliphatic carbocycles. The Morgan fingerprint density at radius 3 is 2.52 bits per heavy atom. The first kappa shape index (κ1) is 18.4. The molecule has 0 saturated heterocycles. The first-order valence-corrected chi connectivity index (χ1v) is 10.1. The van der Waals surface area contributed by atoms with Crippen LogP contribution in [0.1, 0.15) is 57.9 Å². The maximum Gasteiger partial charge on any atom is 0.225 e. The van der Waals surface area contributed by atoms with Gasteiger partial charge in [-0.2, -0.15) is 0 Å². The Balaban J connectivity index is 1.41. The lowest BCUT2D eigenvalue weighted by atomic mass is 9.90. The van der Waals surface area contributed by atoms with E-state index in [-0.39, 0.29) is 17.1 Å². The highest BCUT2D eigenvalue weighted by Crippen LogP contribution is 2.53. The molecule has 0 aliphatic heterocycles. The number of nitrogens with one attached hydrogen (secondary N) is 1. The Morgan fingerprint density at radius 1 is 1.15 bits per heavy atom. The summed E-state index contributed by atoms with van der Waals surface area (Å²) in [6.07, 6.45) is 6.59. The summed E-state index contributed by atoms with van der Waals surface area (Å²) in [5.41, 5.74) is 1.82. The number of hydrogen-bond acceptors (Lipinski definition) is 2. The van der Waals surface area contributed by atoms with Crippen molar-refractivity contribution in [2.75, 3.05) is 6.54 Å². The van der Waals surface area contributed by atoms with E-state index in [1.807, 2.05) is 27.0 Å². The van der Waals surface area contributed by atoms with Crippen molar-refractivity contribution < 1.29 is 9.18 Å². The van der Waals surface area contributed by atoms with Gasteiger partial charge in [0.2, 0.25) is 5.91 Å². The van der Waals surface area contributed by atoms with Crippen LogP contribution in [0.25, 0.3) is 10.9 Å². The number of carbonyl (C=O) groups excluding carboxylic acids is 1. The van der Waals surface area contributed by atoms with Crippen LogP contribution in [0.2, 0.25) is 0 Å². The number of pyridine rings is 1. The lowest BCUT2D eigenvalue weighted by Crippen LogP contribution is -2.37. The molecular weight excluding hydrogens is 339 g/mol. The molecule has 1 aromatic heterocycles. The van der Waals surface area contributed by atoms with Crippen molar-refractivity contribution in [3.8, 4) is 0 Å². The number of aromatic nitrogens is 1. The van der Waals surface area contributed by atoms with Crippen LogP contribution in [-0.4, -0.2) is 17.4 Å². The van der Waals surface area contributed by atoms with Gasteiger partial charge in [-0.25, -0.2) is 4.39 Å². The molecular formula is C23H29FN2O. The fourth-order valence-corrected chi connectivity index (χ4v) is 5.16. The standard InChI is InChI=1S/C23H29FN2O/c1-23(2,3)22(27)26-13-14-8-15-10-17(11-16(15)9-14)19-6-7-25-21-5-4-18(24)12-20(19)21/h4-7,12,14-17H,8-11,13H2,1-3H3,(H,26,27)/t14-,15-,16+,17+. The highest BCUT2D eigenvalue weighted by molar-refractivity contribution is 5.82. The molecule has 4 rings (SSSR count). The van der Waals surface area contributed by atoms with Crippen molar-refractivity contribution >= 4 is 16.8 Å². The molecule has 0 radical (unpaired) electrons. The molecule has 27 heavy (non-hydrogen) atoms. The summed E-state index contributed by atoms with van der Waals surface area (Å²) in [6.45, 7) is 6.67. The highest BCUT2D eigenvalue weighted by Gasteiger charge is 2.42. The largest absolute Gasteiger partial charge is 0.355 e. The summed E-state index contributed by atoms with van der Waals surface area (Å²) in [5.74, 6) is 2.50. The molecule has 2 saturated carbocycles.